The third kappa shape index (κ3) is 8.82. The maximum Gasteiger partial charge on any atom is 0.308 e. The molecule has 0 aliphatic heterocycles. The highest BCUT2D eigenvalue weighted by molar-refractivity contribution is 6.11. The minimum atomic E-state index is -2.98. The number of aliphatic hydroxyl groups excluding tert-OH is 1. The minimum absolute atomic E-state index is 0.0317. The third-order valence-electron chi connectivity index (χ3n) is 5.50. The fraction of sp³-hybridized carbons (Fsp3) is 0.870. The molecule has 3 N–H and O–H groups in total. The van der Waals surface area contributed by atoms with Crippen molar-refractivity contribution in [3.05, 3.63) is 0 Å². The number of hydrogen-bond donors (Lipinski definition) is 3. The van der Waals surface area contributed by atoms with Crippen molar-refractivity contribution in [2.45, 2.75) is 122 Å². The molecular weight excluding hydrogens is 388 g/mol. The lowest BCUT2D eigenvalue weighted by Crippen LogP contribution is -2.67. The molecule has 0 spiro atoms. The molecule has 0 aliphatic carbocycles. The molecule has 1 atom stereocenters. The van der Waals surface area contributed by atoms with Crippen LogP contribution in [-0.4, -0.2) is 50.9 Å². The number of hydrogen-bond acceptors (Lipinski definition) is 7. The number of carbonyl (C=O) groups excluding carboxylic acids is 3. The molecule has 0 fully saturated rings. The molecule has 7 nitrogen and oxygen atoms in total. The minimum Gasteiger partial charge on any atom is -0.426 e. The van der Waals surface area contributed by atoms with Gasteiger partial charge in [0.2, 0.25) is 5.60 Å². The highest BCUT2D eigenvalue weighted by Crippen LogP contribution is 2.29. The van der Waals surface area contributed by atoms with E-state index in [1.54, 1.807) is 0 Å². The van der Waals surface area contributed by atoms with Gasteiger partial charge in [-0.2, -0.15) is 0 Å². The number of ketones is 2. The number of rotatable bonds is 19. The fourth-order valence-electron chi connectivity index (χ4n) is 3.50. The molecule has 30 heavy (non-hydrogen) atoms. The van der Waals surface area contributed by atoms with Crippen molar-refractivity contribution < 1.29 is 34.4 Å². The summed E-state index contributed by atoms with van der Waals surface area (Å²) in [5.74, 6) is -5.86. The van der Waals surface area contributed by atoms with Crippen LogP contribution in [0.25, 0.3) is 0 Å². The first kappa shape index (κ1) is 28.7. The first-order valence-electron chi connectivity index (χ1n) is 11.6. The van der Waals surface area contributed by atoms with Crippen LogP contribution >= 0.6 is 0 Å². The number of carbonyl (C=O) groups is 3. The van der Waals surface area contributed by atoms with E-state index in [-0.39, 0.29) is 19.3 Å². The molecule has 0 heterocycles. The summed E-state index contributed by atoms with van der Waals surface area (Å²) in [5.41, 5.74) is -2.97. The van der Waals surface area contributed by atoms with Crippen LogP contribution in [0.3, 0.4) is 0 Å². The number of unbranched alkanes of at least 4 members (excludes halogenated alkanes) is 10. The van der Waals surface area contributed by atoms with E-state index in [9.17, 15) is 29.7 Å². The smallest absolute Gasteiger partial charge is 0.308 e. The van der Waals surface area contributed by atoms with Crippen LogP contribution in [0.2, 0.25) is 0 Å². The Morgan fingerprint density at radius 3 is 1.47 bits per heavy atom. The number of Topliss-reactive ketones (excluding diaryl/α,β-unsaturated/α-hetero) is 2. The molecular formula is C23H42O7. The Morgan fingerprint density at radius 1 is 0.700 bits per heavy atom. The van der Waals surface area contributed by atoms with Crippen LogP contribution in [0.4, 0.5) is 0 Å². The van der Waals surface area contributed by atoms with Crippen molar-refractivity contribution in [1.29, 1.82) is 0 Å². The van der Waals surface area contributed by atoms with Gasteiger partial charge in [-0.05, 0) is 6.42 Å². The summed E-state index contributed by atoms with van der Waals surface area (Å²) in [7, 11) is 0. The lowest BCUT2D eigenvalue weighted by molar-refractivity contribution is -0.281. The SMILES string of the molecule is CCCCCCCCCCCCCC(=O)OC(O)(CO)C(O)(C(=O)CC)C(=O)CC. The zero-order chi connectivity index (χ0) is 23.0. The Bertz CT molecular complexity index is 502. The standard InChI is InChI=1S/C23H42O7/c1-4-7-8-9-10-11-12-13-14-15-16-17-21(27)30-22(28,18-24)23(29,19(25)5-2)20(26)6-3/h24,28-29H,4-18H2,1-3H3. The van der Waals surface area contributed by atoms with Gasteiger partial charge in [-0.25, -0.2) is 0 Å². The normalized spacial score (nSPS) is 13.7. The first-order valence-corrected chi connectivity index (χ1v) is 11.6. The van der Waals surface area contributed by atoms with Gasteiger partial charge in [0.05, 0.1) is 0 Å². The Morgan fingerprint density at radius 2 is 1.10 bits per heavy atom. The average molecular weight is 431 g/mol. The molecule has 0 saturated carbocycles. The van der Waals surface area contributed by atoms with Crippen molar-refractivity contribution in [3.8, 4) is 0 Å². The van der Waals surface area contributed by atoms with Crippen LogP contribution < -0.4 is 0 Å². The van der Waals surface area contributed by atoms with Gasteiger partial charge in [0.1, 0.15) is 6.61 Å². The Balaban J connectivity index is 4.39. The Hall–Kier alpha value is -1.31. The maximum atomic E-state index is 12.1. The molecule has 0 aromatic rings. The molecule has 0 aromatic heterocycles. The quantitative estimate of drug-likeness (QED) is 0.124. The van der Waals surface area contributed by atoms with E-state index in [1.807, 2.05) is 0 Å². The second-order valence-corrected chi connectivity index (χ2v) is 7.97. The first-order chi connectivity index (χ1) is 14.2. The number of aliphatic hydroxyl groups is 3. The largest absolute Gasteiger partial charge is 0.426 e. The molecule has 0 bridgehead atoms. The lowest BCUT2D eigenvalue weighted by atomic mass is 9.82. The molecule has 176 valence electrons. The van der Waals surface area contributed by atoms with E-state index < -0.39 is 35.5 Å². The summed E-state index contributed by atoms with van der Waals surface area (Å²) in [5, 5.41) is 30.6. The van der Waals surface area contributed by atoms with Gasteiger partial charge in [0, 0.05) is 19.3 Å². The van der Waals surface area contributed by atoms with Gasteiger partial charge in [-0.1, -0.05) is 85.0 Å². The van der Waals surface area contributed by atoms with Crippen LogP contribution in [0.5, 0.6) is 0 Å². The molecule has 0 radical (unpaired) electrons. The van der Waals surface area contributed by atoms with Gasteiger partial charge in [-0.15, -0.1) is 0 Å². The highest BCUT2D eigenvalue weighted by Gasteiger charge is 2.61. The average Bonchev–Trinajstić information content (AvgIpc) is 2.75. The summed E-state index contributed by atoms with van der Waals surface area (Å²) in [6.45, 7) is 3.75. The molecule has 0 aromatic carbocycles. The van der Waals surface area contributed by atoms with E-state index in [2.05, 4.69) is 6.92 Å². The monoisotopic (exact) mass is 430 g/mol. The molecule has 1 unspecified atom stereocenters. The predicted molar refractivity (Wildman–Crippen MR) is 115 cm³/mol. The molecule has 0 saturated heterocycles. The van der Waals surface area contributed by atoms with Crippen LogP contribution in [-0.2, 0) is 19.1 Å². The van der Waals surface area contributed by atoms with Crippen molar-refractivity contribution in [2.75, 3.05) is 6.61 Å². The van der Waals surface area contributed by atoms with Crippen molar-refractivity contribution in [1.82, 2.24) is 0 Å². The summed E-state index contributed by atoms with van der Waals surface area (Å²) in [6.07, 6.45) is 11.7. The Kier molecular flexibility index (Phi) is 14.8. The van der Waals surface area contributed by atoms with Crippen molar-refractivity contribution in [2.24, 2.45) is 0 Å². The number of esters is 1. The summed E-state index contributed by atoms with van der Waals surface area (Å²) in [4.78, 5) is 36.4. The van der Waals surface area contributed by atoms with E-state index in [4.69, 9.17) is 4.74 Å². The van der Waals surface area contributed by atoms with E-state index in [0.717, 1.165) is 19.3 Å². The zero-order valence-electron chi connectivity index (χ0n) is 19.1. The zero-order valence-corrected chi connectivity index (χ0v) is 19.1. The van der Waals surface area contributed by atoms with Gasteiger partial charge in [0.15, 0.2) is 11.6 Å². The summed E-state index contributed by atoms with van der Waals surface area (Å²) >= 11 is 0. The second-order valence-electron chi connectivity index (χ2n) is 7.97. The summed E-state index contributed by atoms with van der Waals surface area (Å²) in [6, 6.07) is 0. The van der Waals surface area contributed by atoms with Gasteiger partial charge in [-0.3, -0.25) is 14.4 Å². The number of ether oxygens (including phenoxy) is 1. The maximum absolute atomic E-state index is 12.1. The van der Waals surface area contributed by atoms with Gasteiger partial charge < -0.3 is 20.1 Å². The molecule has 0 amide bonds. The third-order valence-corrected chi connectivity index (χ3v) is 5.50. The van der Waals surface area contributed by atoms with Crippen molar-refractivity contribution in [3.63, 3.8) is 0 Å². The predicted octanol–water partition coefficient (Wildman–Crippen LogP) is 3.60. The Labute approximate surface area is 181 Å². The van der Waals surface area contributed by atoms with Crippen LogP contribution in [0.15, 0.2) is 0 Å². The van der Waals surface area contributed by atoms with Crippen LogP contribution in [0.1, 0.15) is 111 Å². The lowest BCUT2D eigenvalue weighted by Gasteiger charge is -2.38. The van der Waals surface area contributed by atoms with Crippen molar-refractivity contribution >= 4 is 17.5 Å². The molecule has 0 rings (SSSR count). The molecule has 0 aliphatic rings. The fourth-order valence-corrected chi connectivity index (χ4v) is 3.50. The summed E-state index contributed by atoms with van der Waals surface area (Å²) < 4.78 is 4.87. The van der Waals surface area contributed by atoms with E-state index in [0.29, 0.717) is 6.42 Å². The van der Waals surface area contributed by atoms with E-state index >= 15 is 0 Å². The van der Waals surface area contributed by atoms with Gasteiger partial charge in [0.25, 0.3) is 5.79 Å². The second kappa shape index (κ2) is 15.5. The molecule has 7 heteroatoms. The highest BCUT2D eigenvalue weighted by atomic mass is 16.7. The topological polar surface area (TPSA) is 121 Å². The van der Waals surface area contributed by atoms with Crippen LogP contribution in [0, 0.1) is 0 Å². The van der Waals surface area contributed by atoms with Gasteiger partial charge >= 0.3 is 5.97 Å². The van der Waals surface area contributed by atoms with E-state index in [1.165, 1.54) is 58.8 Å².